The first kappa shape index (κ1) is 20.9. The molecule has 24 heavy (non-hydrogen) atoms. The third-order valence-corrected chi connectivity index (χ3v) is 4.66. The molecule has 0 saturated carbocycles. The molecular formula is C19H31ClN2O2. The number of carbonyl (C=O) groups is 1. The van der Waals surface area contributed by atoms with E-state index in [9.17, 15) is 4.79 Å². The molecule has 0 aliphatic carbocycles. The molecule has 136 valence electrons. The van der Waals surface area contributed by atoms with Gasteiger partial charge in [-0.3, -0.25) is 4.79 Å². The first-order chi connectivity index (χ1) is 11.1. The molecule has 1 aliphatic rings. The molecule has 1 saturated heterocycles. The maximum atomic E-state index is 12.1. The average molecular weight is 355 g/mol. The molecular weight excluding hydrogens is 324 g/mol. The summed E-state index contributed by atoms with van der Waals surface area (Å²) in [5.41, 5.74) is 8.74. The van der Waals surface area contributed by atoms with Gasteiger partial charge in [0.2, 0.25) is 5.91 Å². The molecule has 0 aromatic heterocycles. The van der Waals surface area contributed by atoms with Gasteiger partial charge in [-0.25, -0.2) is 0 Å². The van der Waals surface area contributed by atoms with Gasteiger partial charge in [0.1, 0.15) is 0 Å². The van der Waals surface area contributed by atoms with Crippen molar-refractivity contribution in [1.29, 1.82) is 0 Å². The van der Waals surface area contributed by atoms with Crippen molar-refractivity contribution in [2.75, 3.05) is 19.8 Å². The summed E-state index contributed by atoms with van der Waals surface area (Å²) in [6.07, 6.45) is 3.69. The number of amides is 1. The highest BCUT2D eigenvalue weighted by Crippen LogP contribution is 2.18. The highest BCUT2D eigenvalue weighted by Gasteiger charge is 2.26. The average Bonchev–Trinajstić information content (AvgIpc) is 2.59. The van der Waals surface area contributed by atoms with Gasteiger partial charge in [0.15, 0.2) is 0 Å². The fraction of sp³-hybridized carbons (Fsp3) is 0.632. The lowest BCUT2D eigenvalue weighted by Crippen LogP contribution is -2.47. The number of hydrogen-bond donors (Lipinski definition) is 2. The molecule has 1 amide bonds. The zero-order valence-corrected chi connectivity index (χ0v) is 15.6. The van der Waals surface area contributed by atoms with Crippen molar-refractivity contribution in [2.24, 2.45) is 11.7 Å². The first-order valence-electron chi connectivity index (χ1n) is 8.78. The van der Waals surface area contributed by atoms with Crippen molar-refractivity contribution in [3.63, 3.8) is 0 Å². The Bertz CT molecular complexity index is 485. The fourth-order valence-electron chi connectivity index (χ4n) is 2.98. The third-order valence-electron chi connectivity index (χ3n) is 4.66. The second-order valence-electron chi connectivity index (χ2n) is 6.77. The Morgan fingerprint density at radius 1 is 1.25 bits per heavy atom. The zero-order chi connectivity index (χ0) is 16.7. The zero-order valence-electron chi connectivity index (χ0n) is 14.8. The lowest BCUT2D eigenvalue weighted by atomic mass is 9.92. The van der Waals surface area contributed by atoms with Crippen LogP contribution in [0.3, 0.4) is 0 Å². The second-order valence-corrected chi connectivity index (χ2v) is 6.77. The highest BCUT2D eigenvalue weighted by molar-refractivity contribution is 5.85. The molecule has 0 radical (unpaired) electrons. The van der Waals surface area contributed by atoms with E-state index in [4.69, 9.17) is 10.5 Å². The van der Waals surface area contributed by atoms with Gasteiger partial charge in [-0.1, -0.05) is 38.1 Å². The molecule has 1 aromatic carbocycles. The minimum atomic E-state index is -0.399. The van der Waals surface area contributed by atoms with E-state index < -0.39 is 6.04 Å². The van der Waals surface area contributed by atoms with E-state index in [0.29, 0.717) is 12.5 Å². The van der Waals surface area contributed by atoms with E-state index in [1.165, 1.54) is 11.1 Å². The van der Waals surface area contributed by atoms with Gasteiger partial charge in [0.25, 0.3) is 0 Å². The van der Waals surface area contributed by atoms with Crippen LogP contribution in [0, 0.1) is 5.92 Å². The largest absolute Gasteiger partial charge is 0.381 e. The first-order valence-corrected chi connectivity index (χ1v) is 8.78. The van der Waals surface area contributed by atoms with Crippen LogP contribution >= 0.6 is 12.4 Å². The number of benzene rings is 1. The minimum absolute atomic E-state index is 0. The summed E-state index contributed by atoms with van der Waals surface area (Å²) in [6, 6.07) is 8.36. The lowest BCUT2D eigenvalue weighted by Gasteiger charge is -2.26. The van der Waals surface area contributed by atoms with Crippen LogP contribution in [-0.2, 0) is 16.0 Å². The number of ether oxygens (including phenoxy) is 1. The number of nitrogens with two attached hydrogens (primary N) is 1. The molecule has 4 nitrogen and oxygen atoms in total. The summed E-state index contributed by atoms with van der Waals surface area (Å²) in [4.78, 5) is 12.1. The standard InChI is InChI=1S/C19H30N2O2.ClH/c1-14(2)16-7-5-15(6-8-16)4-3-11-21-19(22)18(20)17-9-12-23-13-10-17;/h5-8,14,17-18H,3-4,9-13,20H2,1-2H3,(H,21,22);1H. The third kappa shape index (κ3) is 6.42. The van der Waals surface area contributed by atoms with Gasteiger partial charge in [-0.15, -0.1) is 12.4 Å². The smallest absolute Gasteiger partial charge is 0.237 e. The van der Waals surface area contributed by atoms with Gasteiger partial charge in [0.05, 0.1) is 6.04 Å². The van der Waals surface area contributed by atoms with E-state index in [2.05, 4.69) is 43.4 Å². The number of aryl methyl sites for hydroxylation is 1. The summed E-state index contributed by atoms with van der Waals surface area (Å²) in [5.74, 6) is 0.800. The van der Waals surface area contributed by atoms with E-state index >= 15 is 0 Å². The molecule has 1 atom stereocenters. The molecule has 1 fully saturated rings. The second kappa shape index (κ2) is 10.7. The van der Waals surface area contributed by atoms with Gasteiger partial charge >= 0.3 is 0 Å². The van der Waals surface area contributed by atoms with Crippen molar-refractivity contribution in [1.82, 2.24) is 5.32 Å². The summed E-state index contributed by atoms with van der Waals surface area (Å²) in [7, 11) is 0. The monoisotopic (exact) mass is 354 g/mol. The van der Waals surface area contributed by atoms with E-state index in [1.54, 1.807) is 0 Å². The van der Waals surface area contributed by atoms with Crippen molar-refractivity contribution in [3.8, 4) is 0 Å². The van der Waals surface area contributed by atoms with Crippen LogP contribution in [0.5, 0.6) is 0 Å². The SMILES string of the molecule is CC(C)c1ccc(CCCNC(=O)C(N)C2CCOCC2)cc1.Cl. The Hall–Kier alpha value is -1.10. The Balaban J connectivity index is 0.00000288. The maximum Gasteiger partial charge on any atom is 0.237 e. The summed E-state index contributed by atoms with van der Waals surface area (Å²) in [5, 5.41) is 2.97. The molecule has 2 rings (SSSR count). The van der Waals surface area contributed by atoms with Gasteiger partial charge in [0, 0.05) is 19.8 Å². The number of hydrogen-bond acceptors (Lipinski definition) is 3. The molecule has 3 N–H and O–H groups in total. The summed E-state index contributed by atoms with van der Waals surface area (Å²) >= 11 is 0. The predicted molar refractivity (Wildman–Crippen MR) is 101 cm³/mol. The topological polar surface area (TPSA) is 64.4 Å². The predicted octanol–water partition coefficient (Wildman–Crippen LogP) is 3.03. The molecule has 0 spiro atoms. The minimum Gasteiger partial charge on any atom is -0.381 e. The Morgan fingerprint density at radius 2 is 1.88 bits per heavy atom. The van der Waals surface area contributed by atoms with E-state index in [0.717, 1.165) is 38.9 Å². The quantitative estimate of drug-likeness (QED) is 0.740. The molecule has 5 heteroatoms. The van der Waals surface area contributed by atoms with Gasteiger partial charge in [-0.05, 0) is 48.6 Å². The van der Waals surface area contributed by atoms with Crippen molar-refractivity contribution < 1.29 is 9.53 Å². The Morgan fingerprint density at radius 3 is 2.46 bits per heavy atom. The summed E-state index contributed by atoms with van der Waals surface area (Å²) < 4.78 is 5.31. The van der Waals surface area contributed by atoms with Gasteiger partial charge < -0.3 is 15.8 Å². The van der Waals surface area contributed by atoms with Crippen LogP contribution in [0.2, 0.25) is 0 Å². The maximum absolute atomic E-state index is 12.1. The fourth-order valence-corrected chi connectivity index (χ4v) is 2.98. The van der Waals surface area contributed by atoms with Crippen molar-refractivity contribution in [2.45, 2.75) is 51.5 Å². The Kier molecular flexibility index (Phi) is 9.34. The van der Waals surface area contributed by atoms with Crippen molar-refractivity contribution >= 4 is 18.3 Å². The summed E-state index contributed by atoms with van der Waals surface area (Å²) in [6.45, 7) is 6.52. The molecule has 1 unspecified atom stereocenters. The van der Waals surface area contributed by atoms with Crippen molar-refractivity contribution in [3.05, 3.63) is 35.4 Å². The normalized spacial score (nSPS) is 16.5. The van der Waals surface area contributed by atoms with Crippen LogP contribution < -0.4 is 11.1 Å². The Labute approximate surface area is 151 Å². The van der Waals surface area contributed by atoms with Crippen LogP contribution in [-0.4, -0.2) is 31.7 Å². The van der Waals surface area contributed by atoms with Crippen LogP contribution in [0.25, 0.3) is 0 Å². The lowest BCUT2D eigenvalue weighted by molar-refractivity contribution is -0.124. The number of rotatable bonds is 7. The molecule has 1 aromatic rings. The number of nitrogens with one attached hydrogen (secondary N) is 1. The molecule has 1 heterocycles. The highest BCUT2D eigenvalue weighted by atomic mass is 35.5. The van der Waals surface area contributed by atoms with Crippen LogP contribution in [0.4, 0.5) is 0 Å². The number of halogens is 1. The van der Waals surface area contributed by atoms with E-state index in [-0.39, 0.29) is 24.2 Å². The van der Waals surface area contributed by atoms with Crippen LogP contribution in [0.15, 0.2) is 24.3 Å². The molecule has 1 aliphatic heterocycles. The van der Waals surface area contributed by atoms with E-state index in [1.807, 2.05) is 0 Å². The van der Waals surface area contributed by atoms with Gasteiger partial charge in [-0.2, -0.15) is 0 Å². The van der Waals surface area contributed by atoms with Crippen LogP contribution in [0.1, 0.15) is 50.2 Å². The number of carbonyl (C=O) groups excluding carboxylic acids is 1. The molecule has 0 bridgehead atoms.